The highest BCUT2D eigenvalue weighted by atomic mass is 16.5. The third-order valence-corrected chi connectivity index (χ3v) is 2.56. The van der Waals surface area contributed by atoms with Crippen molar-refractivity contribution in [3.8, 4) is 0 Å². The first-order valence-electron chi connectivity index (χ1n) is 5.86. The lowest BCUT2D eigenvalue weighted by Crippen LogP contribution is -2.11. The van der Waals surface area contributed by atoms with Gasteiger partial charge in [0.25, 0.3) is 0 Å². The van der Waals surface area contributed by atoms with Gasteiger partial charge in [-0.1, -0.05) is 24.3 Å². The fourth-order valence-corrected chi connectivity index (χ4v) is 1.62. The van der Waals surface area contributed by atoms with Crippen LogP contribution in [0.5, 0.6) is 0 Å². The predicted octanol–water partition coefficient (Wildman–Crippen LogP) is 1.88. The number of methoxy groups -OCH3 is 1. The molecule has 0 aliphatic heterocycles. The highest BCUT2D eigenvalue weighted by molar-refractivity contribution is 5.97. The number of ketones is 1. The standard InChI is InChI=1S/C14H19NO3/c1-15(2)10-11-4-6-12(7-5-11)13(16)8-9-14(17)18-3/h4-7H,8-10H2,1-3H3. The van der Waals surface area contributed by atoms with Crippen molar-refractivity contribution in [3.63, 3.8) is 0 Å². The Morgan fingerprint density at radius 1 is 1.11 bits per heavy atom. The topological polar surface area (TPSA) is 46.6 Å². The Kier molecular flexibility index (Phi) is 5.52. The molecule has 0 spiro atoms. The molecule has 0 saturated carbocycles. The quantitative estimate of drug-likeness (QED) is 0.570. The van der Waals surface area contributed by atoms with Gasteiger partial charge < -0.3 is 9.64 Å². The predicted molar refractivity (Wildman–Crippen MR) is 69.4 cm³/mol. The van der Waals surface area contributed by atoms with Gasteiger partial charge in [0.1, 0.15) is 0 Å². The van der Waals surface area contributed by atoms with Gasteiger partial charge in [0, 0.05) is 18.5 Å². The highest BCUT2D eigenvalue weighted by Gasteiger charge is 2.09. The lowest BCUT2D eigenvalue weighted by atomic mass is 10.0. The molecule has 0 atom stereocenters. The molecule has 0 heterocycles. The number of ether oxygens (including phenoxy) is 1. The monoisotopic (exact) mass is 249 g/mol. The molecule has 0 unspecified atom stereocenters. The van der Waals surface area contributed by atoms with E-state index >= 15 is 0 Å². The van der Waals surface area contributed by atoms with E-state index in [1.54, 1.807) is 12.1 Å². The number of esters is 1. The van der Waals surface area contributed by atoms with Crippen molar-refractivity contribution in [2.75, 3.05) is 21.2 Å². The van der Waals surface area contributed by atoms with Crippen LogP contribution in [0.2, 0.25) is 0 Å². The summed E-state index contributed by atoms with van der Waals surface area (Å²) in [5.41, 5.74) is 1.80. The second-order valence-corrected chi connectivity index (χ2v) is 4.43. The number of rotatable bonds is 6. The van der Waals surface area contributed by atoms with Crippen molar-refractivity contribution in [2.24, 2.45) is 0 Å². The molecular weight excluding hydrogens is 230 g/mol. The van der Waals surface area contributed by atoms with Crippen LogP contribution < -0.4 is 0 Å². The number of hydrogen-bond donors (Lipinski definition) is 0. The van der Waals surface area contributed by atoms with Crippen molar-refractivity contribution >= 4 is 11.8 Å². The number of nitrogens with zero attached hydrogens (tertiary/aromatic N) is 1. The third kappa shape index (κ3) is 4.67. The molecule has 0 radical (unpaired) electrons. The first-order valence-corrected chi connectivity index (χ1v) is 5.86. The van der Waals surface area contributed by atoms with Gasteiger partial charge in [0.05, 0.1) is 13.5 Å². The van der Waals surface area contributed by atoms with E-state index in [4.69, 9.17) is 0 Å². The van der Waals surface area contributed by atoms with E-state index in [1.807, 2.05) is 26.2 Å². The second kappa shape index (κ2) is 6.91. The first-order chi connectivity index (χ1) is 8.52. The summed E-state index contributed by atoms with van der Waals surface area (Å²) in [5.74, 6) is -0.385. The summed E-state index contributed by atoms with van der Waals surface area (Å²) in [6, 6.07) is 7.48. The smallest absolute Gasteiger partial charge is 0.305 e. The molecule has 0 aliphatic rings. The Balaban J connectivity index is 2.56. The van der Waals surface area contributed by atoms with Gasteiger partial charge in [-0.05, 0) is 19.7 Å². The zero-order valence-electron chi connectivity index (χ0n) is 11.1. The maximum Gasteiger partial charge on any atom is 0.305 e. The number of hydrogen-bond acceptors (Lipinski definition) is 4. The Hall–Kier alpha value is -1.68. The molecule has 4 nitrogen and oxygen atoms in total. The van der Waals surface area contributed by atoms with E-state index in [0.29, 0.717) is 5.56 Å². The van der Waals surface area contributed by atoms with Crippen molar-refractivity contribution in [2.45, 2.75) is 19.4 Å². The molecule has 0 aliphatic carbocycles. The Morgan fingerprint density at radius 3 is 2.22 bits per heavy atom. The normalized spacial score (nSPS) is 10.4. The molecule has 0 N–H and O–H groups in total. The van der Waals surface area contributed by atoms with E-state index in [9.17, 15) is 9.59 Å². The van der Waals surface area contributed by atoms with Crippen LogP contribution in [-0.2, 0) is 16.1 Å². The van der Waals surface area contributed by atoms with Crippen molar-refractivity contribution in [3.05, 3.63) is 35.4 Å². The molecule has 0 amide bonds. The average Bonchev–Trinajstić information content (AvgIpc) is 2.35. The number of Topliss-reactive ketones (excluding diaryl/α,β-unsaturated/α-hetero) is 1. The van der Waals surface area contributed by atoms with Gasteiger partial charge in [-0.2, -0.15) is 0 Å². The van der Waals surface area contributed by atoms with Crippen LogP contribution in [0.4, 0.5) is 0 Å². The summed E-state index contributed by atoms with van der Waals surface area (Å²) in [5, 5.41) is 0. The summed E-state index contributed by atoms with van der Waals surface area (Å²) in [4.78, 5) is 24.8. The fourth-order valence-electron chi connectivity index (χ4n) is 1.62. The second-order valence-electron chi connectivity index (χ2n) is 4.43. The minimum Gasteiger partial charge on any atom is -0.469 e. The number of benzene rings is 1. The van der Waals surface area contributed by atoms with Crippen LogP contribution in [-0.4, -0.2) is 37.9 Å². The molecule has 18 heavy (non-hydrogen) atoms. The third-order valence-electron chi connectivity index (χ3n) is 2.56. The lowest BCUT2D eigenvalue weighted by Gasteiger charge is -2.09. The van der Waals surface area contributed by atoms with Gasteiger partial charge in [-0.3, -0.25) is 9.59 Å². The van der Waals surface area contributed by atoms with Crippen LogP contribution >= 0.6 is 0 Å². The van der Waals surface area contributed by atoms with Crippen LogP contribution in [0, 0.1) is 0 Å². The molecule has 1 aromatic rings. The van der Waals surface area contributed by atoms with Crippen molar-refractivity contribution in [1.29, 1.82) is 0 Å². The molecular formula is C14H19NO3. The van der Waals surface area contributed by atoms with Gasteiger partial charge in [-0.25, -0.2) is 0 Å². The molecule has 4 heteroatoms. The van der Waals surface area contributed by atoms with Gasteiger partial charge >= 0.3 is 5.97 Å². The van der Waals surface area contributed by atoms with E-state index in [-0.39, 0.29) is 24.6 Å². The molecule has 0 bridgehead atoms. The molecule has 1 aromatic carbocycles. The molecule has 0 aromatic heterocycles. The molecule has 98 valence electrons. The zero-order chi connectivity index (χ0) is 13.5. The summed E-state index contributed by atoms with van der Waals surface area (Å²) < 4.78 is 4.50. The highest BCUT2D eigenvalue weighted by Crippen LogP contribution is 2.09. The van der Waals surface area contributed by atoms with Crippen LogP contribution in [0.15, 0.2) is 24.3 Å². The Labute approximate surface area is 108 Å². The maximum atomic E-state index is 11.8. The van der Waals surface area contributed by atoms with Crippen molar-refractivity contribution < 1.29 is 14.3 Å². The molecule has 0 fully saturated rings. The molecule has 0 saturated heterocycles. The summed E-state index contributed by atoms with van der Waals surface area (Å²) in [6.45, 7) is 0.844. The minimum atomic E-state index is -0.354. The maximum absolute atomic E-state index is 11.8. The largest absolute Gasteiger partial charge is 0.469 e. The fraction of sp³-hybridized carbons (Fsp3) is 0.429. The van der Waals surface area contributed by atoms with Crippen molar-refractivity contribution in [1.82, 2.24) is 4.90 Å². The van der Waals surface area contributed by atoms with E-state index in [1.165, 1.54) is 7.11 Å². The average molecular weight is 249 g/mol. The Bertz CT molecular complexity index is 410. The Morgan fingerprint density at radius 2 is 1.72 bits per heavy atom. The van der Waals surface area contributed by atoms with Gasteiger partial charge in [0.2, 0.25) is 0 Å². The summed E-state index contributed by atoms with van der Waals surface area (Å²) >= 11 is 0. The van der Waals surface area contributed by atoms with Gasteiger partial charge in [-0.15, -0.1) is 0 Å². The van der Waals surface area contributed by atoms with E-state index in [0.717, 1.165) is 12.1 Å². The lowest BCUT2D eigenvalue weighted by molar-refractivity contribution is -0.140. The SMILES string of the molecule is COC(=O)CCC(=O)c1ccc(CN(C)C)cc1. The minimum absolute atomic E-state index is 0.0307. The van der Waals surface area contributed by atoms with E-state index in [2.05, 4.69) is 9.64 Å². The summed E-state index contributed by atoms with van der Waals surface area (Å²) in [7, 11) is 5.31. The van der Waals surface area contributed by atoms with Crippen LogP contribution in [0.25, 0.3) is 0 Å². The first kappa shape index (κ1) is 14.4. The summed E-state index contributed by atoms with van der Waals surface area (Å²) in [6.07, 6.45) is 0.328. The van der Waals surface area contributed by atoms with E-state index < -0.39 is 0 Å². The number of carbonyl (C=O) groups is 2. The number of carbonyl (C=O) groups excluding carboxylic acids is 2. The van der Waals surface area contributed by atoms with Gasteiger partial charge in [0.15, 0.2) is 5.78 Å². The molecule has 1 rings (SSSR count). The van der Waals surface area contributed by atoms with Crippen LogP contribution in [0.1, 0.15) is 28.8 Å². The zero-order valence-corrected chi connectivity index (χ0v) is 11.1. The van der Waals surface area contributed by atoms with Crippen LogP contribution in [0.3, 0.4) is 0 Å².